The van der Waals surface area contributed by atoms with E-state index >= 15 is 0 Å². The Morgan fingerprint density at radius 2 is 1.93 bits per heavy atom. The Morgan fingerprint density at radius 1 is 1.14 bits per heavy atom. The lowest BCUT2D eigenvalue weighted by molar-refractivity contribution is 0.0954. The molecular weight excluding hydrogens is 348 g/mol. The van der Waals surface area contributed by atoms with Gasteiger partial charge in [-0.25, -0.2) is 4.68 Å². The van der Waals surface area contributed by atoms with Crippen molar-refractivity contribution >= 4 is 5.91 Å². The van der Waals surface area contributed by atoms with Crippen LogP contribution in [0.15, 0.2) is 66.6 Å². The summed E-state index contributed by atoms with van der Waals surface area (Å²) in [6, 6.07) is 12.0. The number of allylic oxidation sites excluding steroid dienone is 1. The second-order valence-electron chi connectivity index (χ2n) is 7.33. The van der Waals surface area contributed by atoms with E-state index in [1.807, 2.05) is 58.0 Å². The molecule has 0 fully saturated rings. The lowest BCUT2D eigenvalue weighted by atomic mass is 9.97. The highest BCUT2D eigenvalue weighted by molar-refractivity contribution is 5.97. The predicted molar refractivity (Wildman–Crippen MR) is 111 cm³/mol. The zero-order valence-corrected chi connectivity index (χ0v) is 16.3. The number of amides is 1. The van der Waals surface area contributed by atoms with E-state index in [1.165, 1.54) is 30.4 Å². The van der Waals surface area contributed by atoms with Crippen molar-refractivity contribution in [3.8, 4) is 11.5 Å². The van der Waals surface area contributed by atoms with Crippen LogP contribution in [0, 0.1) is 6.92 Å². The first-order valence-corrected chi connectivity index (χ1v) is 9.97. The zero-order valence-electron chi connectivity index (χ0n) is 16.3. The van der Waals surface area contributed by atoms with Crippen LogP contribution in [0.1, 0.15) is 48.0 Å². The zero-order chi connectivity index (χ0) is 19.3. The molecule has 1 amide bonds. The summed E-state index contributed by atoms with van der Waals surface area (Å²) >= 11 is 0. The van der Waals surface area contributed by atoms with Gasteiger partial charge in [-0.05, 0) is 63.3 Å². The molecule has 0 aliphatic heterocycles. The maximum Gasteiger partial charge on any atom is 0.256 e. The highest BCUT2D eigenvalue weighted by Gasteiger charge is 2.19. The lowest BCUT2D eigenvalue weighted by Crippen LogP contribution is -2.26. The Kier molecular flexibility index (Phi) is 5.42. The number of benzene rings is 1. The highest BCUT2D eigenvalue weighted by Crippen LogP contribution is 2.21. The molecule has 3 aromatic rings. The molecule has 1 aliphatic carbocycles. The van der Waals surface area contributed by atoms with Gasteiger partial charge in [0.2, 0.25) is 0 Å². The van der Waals surface area contributed by atoms with E-state index in [0.717, 1.165) is 24.3 Å². The Hall–Kier alpha value is -3.08. The first-order valence-electron chi connectivity index (χ1n) is 9.97. The second kappa shape index (κ2) is 8.30. The van der Waals surface area contributed by atoms with Crippen molar-refractivity contribution in [2.24, 2.45) is 0 Å². The maximum absolute atomic E-state index is 12.9. The molecule has 0 saturated carbocycles. The van der Waals surface area contributed by atoms with Crippen LogP contribution in [-0.4, -0.2) is 26.8 Å². The summed E-state index contributed by atoms with van der Waals surface area (Å²) < 4.78 is 3.75. The minimum Gasteiger partial charge on any atom is -0.352 e. The Labute approximate surface area is 165 Å². The summed E-state index contributed by atoms with van der Waals surface area (Å²) in [6.45, 7) is 2.71. The number of hydrogen-bond acceptors (Lipinski definition) is 2. The molecule has 0 atom stereocenters. The topological polar surface area (TPSA) is 51.9 Å². The molecule has 0 radical (unpaired) electrons. The highest BCUT2D eigenvalue weighted by atomic mass is 16.1. The number of carbonyl (C=O) groups excluding carboxylic acids is 1. The van der Waals surface area contributed by atoms with Gasteiger partial charge in [0.1, 0.15) is 5.56 Å². The number of aryl methyl sites for hydroxylation is 1. The fourth-order valence-corrected chi connectivity index (χ4v) is 3.66. The van der Waals surface area contributed by atoms with E-state index < -0.39 is 0 Å². The van der Waals surface area contributed by atoms with Gasteiger partial charge >= 0.3 is 0 Å². The van der Waals surface area contributed by atoms with Crippen molar-refractivity contribution in [2.75, 3.05) is 6.54 Å². The molecular formula is C23H26N4O. The van der Waals surface area contributed by atoms with Crippen molar-refractivity contribution in [3.05, 3.63) is 77.8 Å². The summed E-state index contributed by atoms with van der Waals surface area (Å²) in [6.07, 6.45) is 13.7. The number of carbonyl (C=O) groups is 1. The molecule has 1 N–H and O–H groups in total. The Morgan fingerprint density at radius 3 is 2.64 bits per heavy atom. The molecule has 1 aromatic carbocycles. The summed E-state index contributed by atoms with van der Waals surface area (Å²) in [7, 11) is 0. The molecule has 0 unspecified atom stereocenters. The van der Waals surface area contributed by atoms with Gasteiger partial charge in [-0.15, -0.1) is 0 Å². The summed E-state index contributed by atoms with van der Waals surface area (Å²) in [5.41, 5.74) is 4.16. The average molecular weight is 374 g/mol. The SMILES string of the molecule is Cc1ccc(-n2ncc(C(=O)NCCC3=CCCCC3)c2-n2cccc2)cc1. The number of nitrogens with one attached hydrogen (secondary N) is 1. The van der Waals surface area contributed by atoms with E-state index in [-0.39, 0.29) is 5.91 Å². The molecule has 0 spiro atoms. The quantitative estimate of drug-likeness (QED) is 0.642. The van der Waals surface area contributed by atoms with Crippen LogP contribution in [0.4, 0.5) is 0 Å². The second-order valence-corrected chi connectivity index (χ2v) is 7.33. The monoisotopic (exact) mass is 374 g/mol. The van der Waals surface area contributed by atoms with Crippen LogP contribution >= 0.6 is 0 Å². The first-order chi connectivity index (χ1) is 13.7. The average Bonchev–Trinajstić information content (AvgIpc) is 3.39. The van der Waals surface area contributed by atoms with Crippen LogP contribution in [0.2, 0.25) is 0 Å². The fourth-order valence-electron chi connectivity index (χ4n) is 3.66. The molecule has 5 heteroatoms. The van der Waals surface area contributed by atoms with Crippen LogP contribution in [0.3, 0.4) is 0 Å². The molecule has 0 saturated heterocycles. The molecule has 5 nitrogen and oxygen atoms in total. The van der Waals surface area contributed by atoms with E-state index in [1.54, 1.807) is 6.20 Å². The number of rotatable bonds is 6. The van der Waals surface area contributed by atoms with E-state index in [2.05, 4.69) is 23.4 Å². The number of nitrogens with zero attached hydrogens (tertiary/aromatic N) is 3. The van der Waals surface area contributed by atoms with Crippen LogP contribution in [-0.2, 0) is 0 Å². The van der Waals surface area contributed by atoms with Crippen molar-refractivity contribution < 1.29 is 4.79 Å². The number of aromatic nitrogens is 3. The summed E-state index contributed by atoms with van der Waals surface area (Å²) in [5, 5.41) is 7.59. The Bertz CT molecular complexity index is 965. The molecule has 144 valence electrons. The predicted octanol–water partition coefficient (Wildman–Crippen LogP) is 4.59. The molecule has 28 heavy (non-hydrogen) atoms. The van der Waals surface area contributed by atoms with E-state index in [4.69, 9.17) is 0 Å². The van der Waals surface area contributed by atoms with Gasteiger partial charge in [0.15, 0.2) is 5.82 Å². The first kappa shape index (κ1) is 18.3. The van der Waals surface area contributed by atoms with Gasteiger partial charge in [-0.1, -0.05) is 29.3 Å². The third-order valence-electron chi connectivity index (χ3n) is 5.23. The molecule has 2 heterocycles. The van der Waals surface area contributed by atoms with Gasteiger partial charge in [-0.2, -0.15) is 5.10 Å². The van der Waals surface area contributed by atoms with Gasteiger partial charge < -0.3 is 9.88 Å². The van der Waals surface area contributed by atoms with Crippen molar-refractivity contribution in [1.29, 1.82) is 0 Å². The third-order valence-corrected chi connectivity index (χ3v) is 5.23. The lowest BCUT2D eigenvalue weighted by Gasteiger charge is -2.14. The van der Waals surface area contributed by atoms with Gasteiger partial charge in [0, 0.05) is 18.9 Å². The van der Waals surface area contributed by atoms with Crippen LogP contribution in [0.5, 0.6) is 0 Å². The van der Waals surface area contributed by atoms with E-state index in [0.29, 0.717) is 12.1 Å². The molecule has 1 aliphatic rings. The smallest absolute Gasteiger partial charge is 0.256 e. The normalized spacial score (nSPS) is 14.0. The molecule has 4 rings (SSSR count). The maximum atomic E-state index is 12.9. The summed E-state index contributed by atoms with van der Waals surface area (Å²) in [4.78, 5) is 12.9. The largest absolute Gasteiger partial charge is 0.352 e. The van der Waals surface area contributed by atoms with Gasteiger partial charge in [-0.3, -0.25) is 4.79 Å². The van der Waals surface area contributed by atoms with Gasteiger partial charge in [0.25, 0.3) is 5.91 Å². The van der Waals surface area contributed by atoms with E-state index in [9.17, 15) is 4.79 Å². The molecule has 2 aromatic heterocycles. The van der Waals surface area contributed by atoms with Crippen molar-refractivity contribution in [2.45, 2.75) is 39.0 Å². The van der Waals surface area contributed by atoms with Gasteiger partial charge in [0.05, 0.1) is 11.9 Å². The number of hydrogen-bond donors (Lipinski definition) is 1. The minimum atomic E-state index is -0.0847. The van der Waals surface area contributed by atoms with Crippen LogP contribution < -0.4 is 5.32 Å². The van der Waals surface area contributed by atoms with Crippen LogP contribution in [0.25, 0.3) is 11.5 Å². The standard InChI is InChI=1S/C23H26N4O/c1-18-9-11-20(12-10-18)27-23(26-15-5-6-16-26)21(17-25-27)22(28)24-14-13-19-7-3-2-4-8-19/h5-7,9-12,15-17H,2-4,8,13-14H2,1H3,(H,24,28). The third kappa shape index (κ3) is 3.93. The van der Waals surface area contributed by atoms with Crippen molar-refractivity contribution in [3.63, 3.8) is 0 Å². The fraction of sp³-hybridized carbons (Fsp3) is 0.304. The van der Waals surface area contributed by atoms with Crippen molar-refractivity contribution in [1.82, 2.24) is 19.7 Å². The summed E-state index contributed by atoms with van der Waals surface area (Å²) in [5.74, 6) is 0.668. The molecule has 0 bridgehead atoms. The minimum absolute atomic E-state index is 0.0847. The Balaban J connectivity index is 1.57.